The van der Waals surface area contributed by atoms with E-state index in [-0.39, 0.29) is 23.8 Å². The Hall–Kier alpha value is -2.78. The Morgan fingerprint density at radius 3 is 2.25 bits per heavy atom. The topological polar surface area (TPSA) is 125 Å². The largest absolute Gasteiger partial charge is 0.493 e. The van der Waals surface area contributed by atoms with Crippen LogP contribution in [-0.2, 0) is 4.79 Å². The maximum absolute atomic E-state index is 12.6. The van der Waals surface area contributed by atoms with Crippen molar-refractivity contribution in [2.45, 2.75) is 32.1 Å². The van der Waals surface area contributed by atoms with Crippen molar-refractivity contribution >= 4 is 41.0 Å². The van der Waals surface area contributed by atoms with Crippen LogP contribution in [0.5, 0.6) is 11.5 Å². The van der Waals surface area contributed by atoms with E-state index in [0.29, 0.717) is 55.0 Å². The maximum Gasteiger partial charge on any atom is 0.246 e. The summed E-state index contributed by atoms with van der Waals surface area (Å²) in [5.74, 6) is 2.29. The molecule has 9 nitrogen and oxygen atoms in total. The highest BCUT2D eigenvalue weighted by atomic mass is 35.5. The molecule has 176 valence electrons. The van der Waals surface area contributed by atoms with E-state index in [1.54, 1.807) is 20.3 Å². The van der Waals surface area contributed by atoms with E-state index in [9.17, 15) is 4.79 Å². The number of carbonyl (C=O) groups is 1. The van der Waals surface area contributed by atoms with Gasteiger partial charge in [-0.05, 0) is 31.7 Å². The molecule has 1 amide bonds. The highest BCUT2D eigenvalue weighted by molar-refractivity contribution is 5.92. The Balaban J connectivity index is 0.00000181. The molecule has 1 aromatic carbocycles. The summed E-state index contributed by atoms with van der Waals surface area (Å²) in [7, 11) is 3.17. The van der Waals surface area contributed by atoms with Gasteiger partial charge in [-0.3, -0.25) is 4.79 Å². The van der Waals surface area contributed by atoms with Crippen LogP contribution in [0.15, 0.2) is 23.8 Å². The number of piperazine rings is 1. The molecule has 0 bridgehead atoms. The van der Waals surface area contributed by atoms with Crippen molar-refractivity contribution in [1.29, 1.82) is 0 Å². The zero-order valence-corrected chi connectivity index (χ0v) is 19.4. The van der Waals surface area contributed by atoms with E-state index in [1.165, 1.54) is 24.8 Å². The third kappa shape index (κ3) is 5.34. The van der Waals surface area contributed by atoms with E-state index in [0.717, 1.165) is 18.2 Å². The second kappa shape index (κ2) is 11.2. The predicted molar refractivity (Wildman–Crippen MR) is 128 cm³/mol. The van der Waals surface area contributed by atoms with E-state index in [1.807, 2.05) is 17.0 Å². The zero-order chi connectivity index (χ0) is 21.1. The predicted octanol–water partition coefficient (Wildman–Crippen LogP) is 2.37. The van der Waals surface area contributed by atoms with Gasteiger partial charge in [-0.15, -0.1) is 12.4 Å². The molecular formula is C22H32ClN5O4. The van der Waals surface area contributed by atoms with Crippen LogP contribution in [0.2, 0.25) is 0 Å². The number of carbonyl (C=O) groups excluding carboxylic acids is 1. The number of amides is 1. The van der Waals surface area contributed by atoms with E-state index in [4.69, 9.17) is 20.2 Å². The fourth-order valence-electron chi connectivity index (χ4n) is 4.15. The van der Waals surface area contributed by atoms with Crippen LogP contribution in [0.4, 0.5) is 11.8 Å². The smallest absolute Gasteiger partial charge is 0.246 e. The fraction of sp³-hybridized carbons (Fsp3) is 0.500. The summed E-state index contributed by atoms with van der Waals surface area (Å²) < 4.78 is 10.7. The molecule has 0 unspecified atom stereocenters. The number of ether oxygens (including phenoxy) is 2. The van der Waals surface area contributed by atoms with E-state index < -0.39 is 0 Å². The van der Waals surface area contributed by atoms with Gasteiger partial charge in [-0.2, -0.15) is 4.98 Å². The summed E-state index contributed by atoms with van der Waals surface area (Å²) in [5, 5.41) is 0.726. The number of fused-ring (bicyclic) bond motifs is 1. The SMILES string of the molecule is COc1cc2nc(N3CCN(C(=O)C=C4CCCCC4)CC3)nc(N)c2cc1OC.Cl.O. The zero-order valence-electron chi connectivity index (χ0n) is 18.6. The van der Waals surface area contributed by atoms with Gasteiger partial charge in [-0.1, -0.05) is 12.0 Å². The molecule has 4 N–H and O–H groups in total. The lowest BCUT2D eigenvalue weighted by atomic mass is 9.94. The molecule has 0 radical (unpaired) electrons. The summed E-state index contributed by atoms with van der Waals surface area (Å²) in [5.41, 5.74) is 8.21. The van der Waals surface area contributed by atoms with Gasteiger partial charge < -0.3 is 30.5 Å². The Morgan fingerprint density at radius 1 is 1.00 bits per heavy atom. The van der Waals surface area contributed by atoms with Gasteiger partial charge in [0, 0.05) is 43.7 Å². The molecule has 1 aliphatic heterocycles. The highest BCUT2D eigenvalue weighted by Gasteiger charge is 2.23. The van der Waals surface area contributed by atoms with Gasteiger partial charge in [0.15, 0.2) is 11.5 Å². The van der Waals surface area contributed by atoms with Crippen molar-refractivity contribution < 1.29 is 19.7 Å². The van der Waals surface area contributed by atoms with Crippen LogP contribution >= 0.6 is 12.4 Å². The summed E-state index contributed by atoms with van der Waals surface area (Å²) in [6.07, 6.45) is 7.65. The van der Waals surface area contributed by atoms with Crippen molar-refractivity contribution in [2.24, 2.45) is 0 Å². The third-order valence-electron chi connectivity index (χ3n) is 5.92. The first-order chi connectivity index (χ1) is 14.6. The number of allylic oxidation sites excluding steroid dienone is 1. The number of nitrogens with two attached hydrogens (primary N) is 1. The van der Waals surface area contributed by atoms with Crippen molar-refractivity contribution in [3.63, 3.8) is 0 Å². The monoisotopic (exact) mass is 465 g/mol. The van der Waals surface area contributed by atoms with Crippen molar-refractivity contribution in [1.82, 2.24) is 14.9 Å². The van der Waals surface area contributed by atoms with Crippen molar-refractivity contribution in [3.05, 3.63) is 23.8 Å². The average Bonchev–Trinajstić information content (AvgIpc) is 2.79. The van der Waals surface area contributed by atoms with Crippen LogP contribution in [0.1, 0.15) is 32.1 Å². The molecule has 4 rings (SSSR count). The molecular weight excluding hydrogens is 434 g/mol. The number of hydrogen-bond acceptors (Lipinski definition) is 7. The maximum atomic E-state index is 12.6. The lowest BCUT2D eigenvalue weighted by molar-refractivity contribution is -0.126. The van der Waals surface area contributed by atoms with Crippen LogP contribution in [-0.4, -0.2) is 66.6 Å². The summed E-state index contributed by atoms with van der Waals surface area (Å²) >= 11 is 0. The standard InChI is InChI=1S/C22H29N5O3.ClH.H2O/c1-29-18-13-16-17(14-19(18)30-2)24-22(25-21(16)23)27-10-8-26(9-11-27)20(28)12-15-6-4-3-5-7-15;;/h12-14H,3-11H2,1-2H3,(H2,23,24,25);1H;1H2. The summed E-state index contributed by atoms with van der Waals surface area (Å²) in [4.78, 5) is 25.8. The molecule has 0 spiro atoms. The van der Waals surface area contributed by atoms with E-state index >= 15 is 0 Å². The lowest BCUT2D eigenvalue weighted by Crippen LogP contribution is -2.49. The Kier molecular flexibility index (Phi) is 8.91. The van der Waals surface area contributed by atoms with Crippen LogP contribution in [0, 0.1) is 0 Å². The molecule has 1 saturated carbocycles. The highest BCUT2D eigenvalue weighted by Crippen LogP contribution is 2.34. The number of hydrogen-bond donors (Lipinski definition) is 1. The number of aromatic nitrogens is 2. The third-order valence-corrected chi connectivity index (χ3v) is 5.92. The Bertz CT molecular complexity index is 968. The van der Waals surface area contributed by atoms with Gasteiger partial charge in [0.2, 0.25) is 11.9 Å². The summed E-state index contributed by atoms with van der Waals surface area (Å²) in [6, 6.07) is 3.61. The van der Waals surface area contributed by atoms with Gasteiger partial charge >= 0.3 is 0 Å². The molecule has 1 aliphatic carbocycles. The molecule has 10 heteroatoms. The number of methoxy groups -OCH3 is 2. The van der Waals surface area contributed by atoms with Crippen molar-refractivity contribution in [3.8, 4) is 11.5 Å². The molecule has 32 heavy (non-hydrogen) atoms. The van der Waals surface area contributed by atoms with E-state index in [2.05, 4.69) is 9.88 Å². The first kappa shape index (κ1) is 25.5. The lowest BCUT2D eigenvalue weighted by Gasteiger charge is -2.34. The van der Waals surface area contributed by atoms with Crippen LogP contribution in [0.3, 0.4) is 0 Å². The number of halogens is 1. The number of rotatable bonds is 4. The molecule has 1 saturated heterocycles. The fourth-order valence-corrected chi connectivity index (χ4v) is 4.15. The Morgan fingerprint density at radius 2 is 1.62 bits per heavy atom. The van der Waals surface area contributed by atoms with Gasteiger partial charge in [-0.25, -0.2) is 4.98 Å². The Labute approximate surface area is 194 Å². The van der Waals surface area contributed by atoms with Crippen LogP contribution < -0.4 is 20.1 Å². The summed E-state index contributed by atoms with van der Waals surface area (Å²) in [6.45, 7) is 2.64. The van der Waals surface area contributed by atoms with Crippen molar-refractivity contribution in [2.75, 3.05) is 51.0 Å². The molecule has 2 heterocycles. The number of nitrogen functional groups attached to an aromatic ring is 1. The second-order valence-corrected chi connectivity index (χ2v) is 7.81. The first-order valence-corrected chi connectivity index (χ1v) is 10.5. The molecule has 2 aliphatic rings. The van der Waals surface area contributed by atoms with Gasteiger partial charge in [0.1, 0.15) is 5.82 Å². The average molecular weight is 466 g/mol. The molecule has 0 atom stereocenters. The normalized spacial score (nSPS) is 16.1. The quantitative estimate of drug-likeness (QED) is 0.687. The minimum atomic E-state index is 0. The van der Waals surface area contributed by atoms with Gasteiger partial charge in [0.05, 0.1) is 19.7 Å². The molecule has 2 aromatic rings. The number of anilines is 2. The number of nitrogens with zero attached hydrogens (tertiary/aromatic N) is 4. The van der Waals surface area contributed by atoms with Gasteiger partial charge in [0.25, 0.3) is 0 Å². The first-order valence-electron chi connectivity index (χ1n) is 10.5. The molecule has 1 aromatic heterocycles. The minimum absolute atomic E-state index is 0. The second-order valence-electron chi connectivity index (χ2n) is 7.81. The molecule has 2 fully saturated rings. The van der Waals surface area contributed by atoms with Crippen LogP contribution in [0.25, 0.3) is 10.9 Å². The minimum Gasteiger partial charge on any atom is -0.493 e. The number of benzene rings is 1.